The Morgan fingerprint density at radius 2 is 2.00 bits per heavy atom. The van der Waals surface area contributed by atoms with Crippen LogP contribution in [0.15, 0.2) is 22.7 Å². The van der Waals surface area contributed by atoms with Crippen LogP contribution >= 0.6 is 15.9 Å². The lowest BCUT2D eigenvalue weighted by Crippen LogP contribution is -2.37. The number of hydrogen-bond donors (Lipinski definition) is 0. The number of hydrogen-bond acceptors (Lipinski definition) is 3. The molecule has 1 aromatic carbocycles. The number of nitrogens with zero attached hydrogens (tertiary/aromatic N) is 1. The number of imide groups is 1. The summed E-state index contributed by atoms with van der Waals surface area (Å²) in [6.45, 7) is 5.79. The summed E-state index contributed by atoms with van der Waals surface area (Å²) in [4.78, 5) is 26.2. The van der Waals surface area contributed by atoms with Gasteiger partial charge in [-0.3, -0.25) is 9.59 Å². The normalized spacial score (nSPS) is 22.8. The van der Waals surface area contributed by atoms with E-state index in [9.17, 15) is 9.59 Å². The Labute approximate surface area is 127 Å². The Hall–Kier alpha value is -1.36. The highest BCUT2D eigenvalue weighted by Gasteiger charge is 2.50. The largest absolute Gasteiger partial charge is 0.497 e. The fraction of sp³-hybridized carbons (Fsp3) is 0.467. The van der Waals surface area contributed by atoms with E-state index in [1.807, 2.05) is 20.8 Å². The van der Waals surface area contributed by atoms with Crippen molar-refractivity contribution in [1.29, 1.82) is 0 Å². The molecule has 2 rings (SSSR count). The van der Waals surface area contributed by atoms with Crippen LogP contribution in [0, 0.1) is 11.3 Å². The lowest BCUT2D eigenvalue weighted by molar-refractivity contribution is -0.126. The predicted molar refractivity (Wildman–Crippen MR) is 80.7 cm³/mol. The Morgan fingerprint density at radius 3 is 2.50 bits per heavy atom. The monoisotopic (exact) mass is 339 g/mol. The van der Waals surface area contributed by atoms with Crippen LogP contribution in [-0.4, -0.2) is 18.9 Å². The van der Waals surface area contributed by atoms with E-state index in [2.05, 4.69) is 15.9 Å². The summed E-state index contributed by atoms with van der Waals surface area (Å²) in [6, 6.07) is 5.26. The minimum atomic E-state index is -0.639. The van der Waals surface area contributed by atoms with Gasteiger partial charge in [0, 0.05) is 17.0 Å². The third kappa shape index (κ3) is 2.24. The molecule has 0 aromatic heterocycles. The number of benzene rings is 1. The molecule has 0 aliphatic carbocycles. The van der Waals surface area contributed by atoms with Crippen LogP contribution in [0.4, 0.5) is 5.69 Å². The average molecular weight is 340 g/mol. The minimum absolute atomic E-state index is 0.105. The highest BCUT2D eigenvalue weighted by molar-refractivity contribution is 9.10. The molecule has 0 bridgehead atoms. The maximum absolute atomic E-state index is 12.7. The van der Waals surface area contributed by atoms with Gasteiger partial charge in [0.15, 0.2) is 0 Å². The number of carbonyl (C=O) groups excluding carboxylic acids is 2. The molecule has 1 unspecified atom stereocenters. The van der Waals surface area contributed by atoms with Crippen LogP contribution in [0.1, 0.15) is 27.2 Å². The fourth-order valence-electron chi connectivity index (χ4n) is 2.32. The van der Waals surface area contributed by atoms with Gasteiger partial charge in [-0.1, -0.05) is 13.8 Å². The molecule has 4 nitrogen and oxygen atoms in total. The lowest BCUT2D eigenvalue weighted by atomic mass is 9.78. The van der Waals surface area contributed by atoms with E-state index in [1.165, 1.54) is 4.90 Å². The molecular weight excluding hydrogens is 322 g/mol. The van der Waals surface area contributed by atoms with Crippen molar-refractivity contribution >= 4 is 33.4 Å². The van der Waals surface area contributed by atoms with Crippen LogP contribution in [0.5, 0.6) is 5.75 Å². The molecule has 0 radical (unpaired) electrons. The maximum Gasteiger partial charge on any atom is 0.240 e. The van der Waals surface area contributed by atoms with E-state index in [-0.39, 0.29) is 24.2 Å². The van der Waals surface area contributed by atoms with Gasteiger partial charge in [-0.15, -0.1) is 0 Å². The zero-order chi connectivity index (χ0) is 15.1. The number of amides is 2. The van der Waals surface area contributed by atoms with Gasteiger partial charge in [-0.05, 0) is 40.9 Å². The summed E-state index contributed by atoms with van der Waals surface area (Å²) in [5.74, 6) is 0.405. The van der Waals surface area contributed by atoms with Gasteiger partial charge in [0.05, 0.1) is 18.2 Å². The summed E-state index contributed by atoms with van der Waals surface area (Å²) in [5.41, 5.74) is -0.0942. The SMILES string of the molecule is COc1ccc(Br)c(N2C(=O)CC(C)(C(C)C)C2=O)c1. The van der Waals surface area contributed by atoms with Gasteiger partial charge >= 0.3 is 0 Å². The van der Waals surface area contributed by atoms with Gasteiger partial charge in [-0.2, -0.15) is 0 Å². The van der Waals surface area contributed by atoms with Crippen molar-refractivity contribution in [2.75, 3.05) is 12.0 Å². The average Bonchev–Trinajstić information content (AvgIpc) is 2.62. The van der Waals surface area contributed by atoms with Crippen LogP contribution in [0.3, 0.4) is 0 Å². The molecule has 0 N–H and O–H groups in total. The molecule has 1 fully saturated rings. The summed E-state index contributed by atoms with van der Waals surface area (Å²) >= 11 is 3.40. The van der Waals surface area contributed by atoms with E-state index in [0.717, 1.165) is 0 Å². The molecule has 0 spiro atoms. The van der Waals surface area contributed by atoms with Crippen molar-refractivity contribution in [3.8, 4) is 5.75 Å². The van der Waals surface area contributed by atoms with Gasteiger partial charge in [0.1, 0.15) is 5.75 Å². The molecule has 1 atom stereocenters. The van der Waals surface area contributed by atoms with E-state index >= 15 is 0 Å². The lowest BCUT2D eigenvalue weighted by Gasteiger charge is -2.26. The number of anilines is 1. The summed E-state index contributed by atoms with van der Waals surface area (Å²) in [7, 11) is 1.55. The minimum Gasteiger partial charge on any atom is -0.497 e. The van der Waals surface area contributed by atoms with Crippen LogP contribution < -0.4 is 9.64 Å². The Morgan fingerprint density at radius 1 is 1.35 bits per heavy atom. The van der Waals surface area contributed by atoms with E-state index in [4.69, 9.17) is 4.74 Å². The van der Waals surface area contributed by atoms with E-state index in [0.29, 0.717) is 15.9 Å². The maximum atomic E-state index is 12.7. The Kier molecular flexibility index (Phi) is 3.91. The first-order chi connectivity index (χ1) is 9.31. The van der Waals surface area contributed by atoms with Gasteiger partial charge in [-0.25, -0.2) is 4.90 Å². The molecule has 5 heteroatoms. The number of rotatable bonds is 3. The summed E-state index contributed by atoms with van der Waals surface area (Å²) in [5, 5.41) is 0. The first-order valence-corrected chi connectivity index (χ1v) is 7.31. The molecule has 0 saturated carbocycles. The second kappa shape index (κ2) is 5.20. The molecule has 1 aliphatic rings. The number of ether oxygens (including phenoxy) is 1. The van der Waals surface area contributed by atoms with Crippen LogP contribution in [-0.2, 0) is 9.59 Å². The van der Waals surface area contributed by atoms with Crippen molar-refractivity contribution in [2.24, 2.45) is 11.3 Å². The van der Waals surface area contributed by atoms with Gasteiger partial charge < -0.3 is 4.74 Å². The second-order valence-corrected chi connectivity index (χ2v) is 6.45. The van der Waals surface area contributed by atoms with E-state index < -0.39 is 5.41 Å². The summed E-state index contributed by atoms with van der Waals surface area (Å²) in [6.07, 6.45) is 0.243. The quantitative estimate of drug-likeness (QED) is 0.793. The summed E-state index contributed by atoms with van der Waals surface area (Å²) < 4.78 is 5.87. The third-order valence-corrected chi connectivity index (χ3v) is 4.80. The smallest absolute Gasteiger partial charge is 0.240 e. The first kappa shape index (κ1) is 15.0. The predicted octanol–water partition coefficient (Wildman–Crippen LogP) is 3.38. The molecular formula is C15H18BrNO3. The molecule has 1 aliphatic heterocycles. The number of halogens is 1. The highest BCUT2D eigenvalue weighted by atomic mass is 79.9. The fourth-order valence-corrected chi connectivity index (χ4v) is 2.75. The molecule has 108 valence electrons. The van der Waals surface area contributed by atoms with Crippen molar-refractivity contribution in [2.45, 2.75) is 27.2 Å². The highest BCUT2D eigenvalue weighted by Crippen LogP contribution is 2.43. The number of carbonyl (C=O) groups is 2. The number of methoxy groups -OCH3 is 1. The van der Waals surface area contributed by atoms with E-state index in [1.54, 1.807) is 25.3 Å². The van der Waals surface area contributed by atoms with Crippen molar-refractivity contribution < 1.29 is 14.3 Å². The van der Waals surface area contributed by atoms with Gasteiger partial charge in [0.25, 0.3) is 0 Å². The standard InChI is InChI=1S/C15H18BrNO3/c1-9(2)15(3)8-13(18)17(14(15)19)12-7-10(20-4)5-6-11(12)16/h5-7,9H,8H2,1-4H3. The zero-order valence-corrected chi connectivity index (χ0v) is 13.7. The molecule has 2 amide bonds. The molecule has 1 aromatic rings. The second-order valence-electron chi connectivity index (χ2n) is 5.60. The third-order valence-electron chi connectivity index (χ3n) is 4.13. The molecule has 1 saturated heterocycles. The van der Waals surface area contributed by atoms with Gasteiger partial charge in [0.2, 0.25) is 11.8 Å². The molecule has 20 heavy (non-hydrogen) atoms. The van der Waals surface area contributed by atoms with Crippen molar-refractivity contribution in [3.05, 3.63) is 22.7 Å². The zero-order valence-electron chi connectivity index (χ0n) is 12.1. The first-order valence-electron chi connectivity index (χ1n) is 6.52. The molecule has 1 heterocycles. The van der Waals surface area contributed by atoms with Crippen molar-refractivity contribution in [3.63, 3.8) is 0 Å². The topological polar surface area (TPSA) is 46.6 Å². The van der Waals surface area contributed by atoms with Crippen LogP contribution in [0.25, 0.3) is 0 Å². The van der Waals surface area contributed by atoms with Crippen molar-refractivity contribution in [1.82, 2.24) is 0 Å². The Balaban J connectivity index is 2.48. The Bertz CT molecular complexity index is 570. The van der Waals surface area contributed by atoms with Crippen LogP contribution in [0.2, 0.25) is 0 Å².